The van der Waals surface area contributed by atoms with Crippen LogP contribution in [0.5, 0.6) is 5.75 Å². The Hall–Kier alpha value is -1.60. The number of halogens is 2. The van der Waals surface area contributed by atoms with E-state index in [9.17, 15) is 4.79 Å². The summed E-state index contributed by atoms with van der Waals surface area (Å²) in [6, 6.07) is 9.95. The fourth-order valence-electron chi connectivity index (χ4n) is 3.01. The van der Waals surface area contributed by atoms with Crippen LogP contribution in [-0.2, 0) is 11.2 Å². The molecular weight excluding hydrogens is 462 g/mol. The van der Waals surface area contributed by atoms with Crippen molar-refractivity contribution in [2.24, 2.45) is 0 Å². The summed E-state index contributed by atoms with van der Waals surface area (Å²) in [4.78, 5) is 21.1. The number of carbonyl (C=O) groups is 1. The fraction of sp³-hybridized carbons (Fsp3) is 0.368. The molecule has 7 heteroatoms. The lowest BCUT2D eigenvalue weighted by Gasteiger charge is -2.35. The number of amides is 1. The number of piperazine rings is 1. The Morgan fingerprint density at radius 2 is 1.92 bits per heavy atom. The van der Waals surface area contributed by atoms with E-state index in [2.05, 4.69) is 41.7 Å². The van der Waals surface area contributed by atoms with Gasteiger partial charge in [-0.05, 0) is 68.1 Å². The summed E-state index contributed by atoms with van der Waals surface area (Å²) < 4.78 is 7.13. The third-order valence-electron chi connectivity index (χ3n) is 4.51. The lowest BCUT2D eigenvalue weighted by molar-refractivity contribution is -0.131. The molecule has 1 aliphatic rings. The molecular formula is C19H21Br2N3O2. The van der Waals surface area contributed by atoms with E-state index in [1.807, 2.05) is 35.2 Å². The Kier molecular flexibility index (Phi) is 6.53. The molecule has 2 heterocycles. The van der Waals surface area contributed by atoms with Gasteiger partial charge in [0.05, 0.1) is 11.6 Å². The fourth-order valence-corrected chi connectivity index (χ4v) is 3.84. The summed E-state index contributed by atoms with van der Waals surface area (Å²) in [6.45, 7) is 3.11. The largest absolute Gasteiger partial charge is 0.496 e. The second kappa shape index (κ2) is 8.86. The van der Waals surface area contributed by atoms with Crippen molar-refractivity contribution in [3.63, 3.8) is 0 Å². The van der Waals surface area contributed by atoms with Crippen molar-refractivity contribution in [2.75, 3.05) is 38.2 Å². The van der Waals surface area contributed by atoms with Crippen molar-refractivity contribution in [1.29, 1.82) is 0 Å². The summed E-state index contributed by atoms with van der Waals surface area (Å²) in [5.41, 5.74) is 1.13. The molecule has 0 radical (unpaired) electrons. The molecule has 5 nitrogen and oxygen atoms in total. The van der Waals surface area contributed by atoms with Gasteiger partial charge in [0, 0.05) is 43.3 Å². The van der Waals surface area contributed by atoms with Gasteiger partial charge in [0.15, 0.2) is 0 Å². The Labute approximate surface area is 170 Å². The van der Waals surface area contributed by atoms with Gasteiger partial charge in [-0.25, -0.2) is 4.98 Å². The molecule has 1 saturated heterocycles. The van der Waals surface area contributed by atoms with Crippen LogP contribution in [0.15, 0.2) is 45.5 Å². The highest BCUT2D eigenvalue weighted by molar-refractivity contribution is 9.10. The van der Waals surface area contributed by atoms with Crippen LogP contribution in [0.2, 0.25) is 0 Å². The van der Waals surface area contributed by atoms with Crippen LogP contribution in [0.3, 0.4) is 0 Å². The molecule has 1 amide bonds. The number of ether oxygens (including phenoxy) is 1. The molecule has 0 atom stereocenters. The zero-order chi connectivity index (χ0) is 18.5. The minimum Gasteiger partial charge on any atom is -0.496 e. The molecule has 0 spiro atoms. The highest BCUT2D eigenvalue weighted by Crippen LogP contribution is 2.26. The predicted octanol–water partition coefficient (Wildman–Crippen LogP) is 3.90. The molecule has 3 rings (SSSR count). The molecule has 0 N–H and O–H groups in total. The maximum atomic E-state index is 12.5. The topological polar surface area (TPSA) is 45.7 Å². The number of methoxy groups -OCH3 is 1. The Morgan fingerprint density at radius 3 is 2.54 bits per heavy atom. The van der Waals surface area contributed by atoms with Gasteiger partial charge in [-0.3, -0.25) is 4.79 Å². The van der Waals surface area contributed by atoms with Gasteiger partial charge in [0.1, 0.15) is 11.6 Å². The summed E-state index contributed by atoms with van der Waals surface area (Å²) in [6.07, 6.45) is 3.06. The molecule has 0 saturated carbocycles. The first-order chi connectivity index (χ1) is 12.6. The van der Waals surface area contributed by atoms with Gasteiger partial charge in [0.25, 0.3) is 0 Å². The van der Waals surface area contributed by atoms with Crippen molar-refractivity contribution in [3.05, 3.63) is 51.0 Å². The van der Waals surface area contributed by atoms with Crippen molar-refractivity contribution < 1.29 is 9.53 Å². The molecule has 1 aromatic heterocycles. The second-order valence-corrected chi connectivity index (χ2v) is 7.94. The van der Waals surface area contributed by atoms with Crippen molar-refractivity contribution >= 4 is 43.6 Å². The maximum Gasteiger partial charge on any atom is 0.223 e. The van der Waals surface area contributed by atoms with E-state index in [0.29, 0.717) is 6.42 Å². The standard InChI is InChI=1S/C19H21Br2N3O2/c1-26-17-5-2-14(12-16(17)21)3-7-19(25)24-10-8-23(9-11-24)18-6-4-15(20)13-22-18/h2,4-6,12-13H,3,7-11H2,1H3. The van der Waals surface area contributed by atoms with E-state index in [4.69, 9.17) is 4.74 Å². The quantitative estimate of drug-likeness (QED) is 0.648. The van der Waals surface area contributed by atoms with Crippen molar-refractivity contribution in [3.8, 4) is 5.75 Å². The summed E-state index contributed by atoms with van der Waals surface area (Å²) >= 11 is 6.89. The normalized spacial score (nSPS) is 14.4. The number of carbonyl (C=O) groups excluding carboxylic acids is 1. The predicted molar refractivity (Wildman–Crippen MR) is 110 cm³/mol. The van der Waals surface area contributed by atoms with Crippen LogP contribution in [-0.4, -0.2) is 49.1 Å². The second-order valence-electron chi connectivity index (χ2n) is 6.17. The molecule has 1 aliphatic heterocycles. The molecule has 0 bridgehead atoms. The van der Waals surface area contributed by atoms with Gasteiger partial charge in [0.2, 0.25) is 5.91 Å². The summed E-state index contributed by atoms with van der Waals surface area (Å²) in [5.74, 6) is 1.97. The third-order valence-corrected chi connectivity index (χ3v) is 5.60. The summed E-state index contributed by atoms with van der Waals surface area (Å²) in [5, 5.41) is 0. The van der Waals surface area contributed by atoms with Gasteiger partial charge >= 0.3 is 0 Å². The van der Waals surface area contributed by atoms with E-state index in [1.54, 1.807) is 13.3 Å². The molecule has 138 valence electrons. The van der Waals surface area contributed by atoms with Crippen LogP contribution >= 0.6 is 31.9 Å². The first-order valence-electron chi connectivity index (χ1n) is 8.53. The van der Waals surface area contributed by atoms with Crippen LogP contribution in [0, 0.1) is 0 Å². The highest BCUT2D eigenvalue weighted by Gasteiger charge is 2.21. The van der Waals surface area contributed by atoms with Gasteiger partial charge < -0.3 is 14.5 Å². The number of hydrogen-bond donors (Lipinski definition) is 0. The molecule has 2 aromatic rings. The van der Waals surface area contributed by atoms with Crippen LogP contribution in [0.1, 0.15) is 12.0 Å². The van der Waals surface area contributed by atoms with Crippen LogP contribution < -0.4 is 9.64 Å². The maximum absolute atomic E-state index is 12.5. The number of rotatable bonds is 5. The minimum atomic E-state index is 0.209. The average molecular weight is 483 g/mol. The Balaban J connectivity index is 1.49. The first-order valence-corrected chi connectivity index (χ1v) is 10.1. The van der Waals surface area contributed by atoms with Gasteiger partial charge in [-0.2, -0.15) is 0 Å². The molecule has 0 aliphatic carbocycles. The van der Waals surface area contributed by atoms with E-state index < -0.39 is 0 Å². The molecule has 26 heavy (non-hydrogen) atoms. The smallest absolute Gasteiger partial charge is 0.223 e. The van der Waals surface area contributed by atoms with Crippen molar-refractivity contribution in [2.45, 2.75) is 12.8 Å². The lowest BCUT2D eigenvalue weighted by Crippen LogP contribution is -2.49. The van der Waals surface area contributed by atoms with E-state index in [0.717, 1.165) is 58.7 Å². The summed E-state index contributed by atoms with van der Waals surface area (Å²) in [7, 11) is 1.65. The lowest BCUT2D eigenvalue weighted by atomic mass is 10.1. The van der Waals surface area contributed by atoms with E-state index in [1.165, 1.54) is 0 Å². The number of aromatic nitrogens is 1. The minimum absolute atomic E-state index is 0.209. The number of aryl methyl sites for hydroxylation is 1. The average Bonchev–Trinajstić information content (AvgIpc) is 2.67. The zero-order valence-electron chi connectivity index (χ0n) is 14.6. The Bertz CT molecular complexity index is 760. The number of hydrogen-bond acceptors (Lipinski definition) is 4. The number of anilines is 1. The number of nitrogens with zero attached hydrogens (tertiary/aromatic N) is 3. The van der Waals surface area contributed by atoms with Crippen LogP contribution in [0.4, 0.5) is 5.82 Å². The van der Waals surface area contributed by atoms with E-state index >= 15 is 0 Å². The first kappa shape index (κ1) is 19.2. The number of benzene rings is 1. The molecule has 1 fully saturated rings. The SMILES string of the molecule is COc1ccc(CCC(=O)N2CCN(c3ccc(Br)cn3)CC2)cc1Br. The highest BCUT2D eigenvalue weighted by atomic mass is 79.9. The van der Waals surface area contributed by atoms with E-state index in [-0.39, 0.29) is 5.91 Å². The zero-order valence-corrected chi connectivity index (χ0v) is 17.8. The third kappa shape index (κ3) is 4.76. The van der Waals surface area contributed by atoms with Crippen molar-refractivity contribution in [1.82, 2.24) is 9.88 Å². The number of pyridine rings is 1. The molecule has 1 aromatic carbocycles. The van der Waals surface area contributed by atoms with Crippen LogP contribution in [0.25, 0.3) is 0 Å². The molecule has 0 unspecified atom stereocenters. The monoisotopic (exact) mass is 481 g/mol. The van der Waals surface area contributed by atoms with Gasteiger partial charge in [-0.15, -0.1) is 0 Å². The Morgan fingerprint density at radius 1 is 1.15 bits per heavy atom. The van der Waals surface area contributed by atoms with Gasteiger partial charge in [-0.1, -0.05) is 6.07 Å².